The summed E-state index contributed by atoms with van der Waals surface area (Å²) < 4.78 is 3.78. The van der Waals surface area contributed by atoms with Crippen LogP contribution in [0.3, 0.4) is 0 Å². The van der Waals surface area contributed by atoms with Gasteiger partial charge in [0.1, 0.15) is 5.56 Å². The molecule has 24 heavy (non-hydrogen) atoms. The van der Waals surface area contributed by atoms with Crippen LogP contribution in [0.1, 0.15) is 10.4 Å². The van der Waals surface area contributed by atoms with E-state index in [1.54, 1.807) is 6.20 Å². The Morgan fingerprint density at radius 2 is 1.71 bits per heavy atom. The van der Waals surface area contributed by atoms with E-state index in [1.165, 1.54) is 0 Å². The lowest BCUT2D eigenvalue weighted by molar-refractivity contribution is 0.0772. The minimum atomic E-state index is 0.0566. The topological polar surface area (TPSA) is 43.1 Å². The van der Waals surface area contributed by atoms with Crippen LogP contribution in [0.25, 0.3) is 11.5 Å². The maximum Gasteiger partial charge on any atom is 0.259 e. The fraction of sp³-hybridized carbons (Fsp3) is 0.222. The highest BCUT2D eigenvalue weighted by molar-refractivity contribution is 7.99. The molecule has 3 aromatic rings. The van der Waals surface area contributed by atoms with E-state index in [9.17, 15) is 4.79 Å². The number of aromatic nitrogens is 3. The number of rotatable bonds is 3. The zero-order valence-corrected chi connectivity index (χ0v) is 14.0. The summed E-state index contributed by atoms with van der Waals surface area (Å²) in [6, 6.07) is 13.8. The summed E-state index contributed by atoms with van der Waals surface area (Å²) in [6.45, 7) is 1.59. The molecule has 1 aliphatic rings. The third-order valence-electron chi connectivity index (χ3n) is 4.12. The molecule has 5 nitrogen and oxygen atoms in total. The Bertz CT molecular complexity index is 820. The van der Waals surface area contributed by atoms with Crippen LogP contribution in [-0.4, -0.2) is 49.7 Å². The van der Waals surface area contributed by atoms with Gasteiger partial charge in [-0.05, 0) is 24.3 Å². The molecule has 4 rings (SSSR count). The van der Waals surface area contributed by atoms with Crippen LogP contribution in [0.4, 0.5) is 0 Å². The number of para-hydroxylation sites is 1. The van der Waals surface area contributed by atoms with Crippen molar-refractivity contribution >= 4 is 17.7 Å². The van der Waals surface area contributed by atoms with Gasteiger partial charge in [0.2, 0.25) is 0 Å². The van der Waals surface area contributed by atoms with E-state index in [0.717, 1.165) is 36.1 Å². The molecule has 3 heterocycles. The fourth-order valence-corrected chi connectivity index (χ4v) is 3.82. The predicted octanol–water partition coefficient (Wildman–Crippen LogP) is 2.85. The number of carbonyl (C=O) groups excluding carboxylic acids is 1. The number of benzene rings is 1. The highest BCUT2D eigenvalue weighted by Crippen LogP contribution is 2.22. The van der Waals surface area contributed by atoms with Gasteiger partial charge >= 0.3 is 0 Å². The first-order chi connectivity index (χ1) is 11.8. The Morgan fingerprint density at radius 3 is 2.42 bits per heavy atom. The van der Waals surface area contributed by atoms with Crippen LogP contribution in [0.5, 0.6) is 0 Å². The molecule has 1 aliphatic heterocycles. The maximum absolute atomic E-state index is 13.0. The molecule has 122 valence electrons. The molecule has 0 N–H and O–H groups in total. The number of carbonyl (C=O) groups is 1. The molecule has 2 aromatic heterocycles. The van der Waals surface area contributed by atoms with Crippen LogP contribution >= 0.6 is 11.8 Å². The van der Waals surface area contributed by atoms with Gasteiger partial charge in [-0.2, -0.15) is 16.9 Å². The van der Waals surface area contributed by atoms with Gasteiger partial charge in [0, 0.05) is 37.0 Å². The molecule has 0 unspecified atom stereocenters. The molecule has 1 aromatic carbocycles. The predicted molar refractivity (Wildman–Crippen MR) is 96.1 cm³/mol. The number of hydrogen-bond acceptors (Lipinski definition) is 3. The first kappa shape index (κ1) is 15.1. The Morgan fingerprint density at radius 1 is 1.00 bits per heavy atom. The van der Waals surface area contributed by atoms with E-state index in [4.69, 9.17) is 0 Å². The molecule has 0 atom stereocenters. The molecular formula is C18H18N4OS. The summed E-state index contributed by atoms with van der Waals surface area (Å²) in [5.41, 5.74) is 1.58. The van der Waals surface area contributed by atoms with Crippen LogP contribution < -0.4 is 0 Å². The number of nitrogens with zero attached hydrogens (tertiary/aromatic N) is 4. The van der Waals surface area contributed by atoms with Gasteiger partial charge < -0.3 is 9.47 Å². The quantitative estimate of drug-likeness (QED) is 0.737. The summed E-state index contributed by atoms with van der Waals surface area (Å²) in [5, 5.41) is 4.50. The van der Waals surface area contributed by atoms with Gasteiger partial charge in [-0.1, -0.05) is 18.2 Å². The average molecular weight is 338 g/mol. The van der Waals surface area contributed by atoms with E-state index in [0.29, 0.717) is 5.56 Å². The first-order valence-corrected chi connectivity index (χ1v) is 9.14. The molecule has 0 spiro atoms. The smallest absolute Gasteiger partial charge is 0.259 e. The molecule has 1 amide bonds. The third-order valence-corrected chi connectivity index (χ3v) is 5.06. The summed E-state index contributed by atoms with van der Waals surface area (Å²) in [4.78, 5) is 14.9. The van der Waals surface area contributed by atoms with Crippen molar-refractivity contribution in [3.8, 4) is 11.5 Å². The molecule has 0 radical (unpaired) electrons. The van der Waals surface area contributed by atoms with Gasteiger partial charge in [-0.3, -0.25) is 4.79 Å². The largest absolute Gasteiger partial charge is 0.337 e. The summed E-state index contributed by atoms with van der Waals surface area (Å²) in [5.74, 6) is 2.84. The lowest BCUT2D eigenvalue weighted by Gasteiger charge is -2.26. The monoisotopic (exact) mass is 338 g/mol. The van der Waals surface area contributed by atoms with E-state index in [1.807, 2.05) is 80.8 Å². The van der Waals surface area contributed by atoms with Crippen LogP contribution in [0.2, 0.25) is 0 Å². The van der Waals surface area contributed by atoms with Crippen molar-refractivity contribution in [2.45, 2.75) is 0 Å². The lowest BCUT2D eigenvalue weighted by atomic mass is 10.2. The SMILES string of the molecule is O=C(c1cnn(-c2ccccc2)c1-n1cccc1)N1CCSCC1. The van der Waals surface area contributed by atoms with Crippen molar-refractivity contribution in [2.75, 3.05) is 24.6 Å². The first-order valence-electron chi connectivity index (χ1n) is 7.98. The lowest BCUT2D eigenvalue weighted by Crippen LogP contribution is -2.38. The minimum absolute atomic E-state index is 0.0566. The van der Waals surface area contributed by atoms with Gasteiger partial charge in [-0.15, -0.1) is 0 Å². The molecular weight excluding hydrogens is 320 g/mol. The van der Waals surface area contributed by atoms with Crippen molar-refractivity contribution < 1.29 is 4.79 Å². The second-order valence-corrected chi connectivity index (χ2v) is 6.85. The molecule has 0 bridgehead atoms. The Balaban J connectivity index is 1.80. The Kier molecular flexibility index (Phi) is 4.13. The van der Waals surface area contributed by atoms with Crippen LogP contribution in [0.15, 0.2) is 61.1 Å². The number of hydrogen-bond donors (Lipinski definition) is 0. The Hall–Kier alpha value is -2.47. The van der Waals surface area contributed by atoms with Crippen LogP contribution in [-0.2, 0) is 0 Å². The second-order valence-electron chi connectivity index (χ2n) is 5.62. The number of thioether (sulfide) groups is 1. The van der Waals surface area contributed by atoms with E-state index < -0.39 is 0 Å². The standard InChI is InChI=1S/C18H18N4OS/c23-18(21-10-12-24-13-11-21)16-14-19-22(15-6-2-1-3-7-15)17(16)20-8-4-5-9-20/h1-9,14H,10-13H2. The average Bonchev–Trinajstić information content (AvgIpc) is 3.32. The molecule has 1 fully saturated rings. The maximum atomic E-state index is 13.0. The second kappa shape index (κ2) is 6.57. The highest BCUT2D eigenvalue weighted by Gasteiger charge is 2.25. The van der Waals surface area contributed by atoms with E-state index >= 15 is 0 Å². The number of amides is 1. The highest BCUT2D eigenvalue weighted by atomic mass is 32.2. The van der Waals surface area contributed by atoms with Gasteiger partial charge in [0.05, 0.1) is 11.9 Å². The van der Waals surface area contributed by atoms with Gasteiger partial charge in [0.15, 0.2) is 5.82 Å². The van der Waals surface area contributed by atoms with Crippen molar-refractivity contribution in [3.05, 3.63) is 66.6 Å². The Labute approximate surface area is 144 Å². The van der Waals surface area contributed by atoms with Crippen molar-refractivity contribution in [1.29, 1.82) is 0 Å². The zero-order chi connectivity index (χ0) is 16.4. The van der Waals surface area contributed by atoms with Gasteiger partial charge in [0.25, 0.3) is 5.91 Å². The third kappa shape index (κ3) is 2.73. The summed E-state index contributed by atoms with van der Waals surface area (Å²) >= 11 is 1.90. The molecule has 0 aliphatic carbocycles. The molecule has 6 heteroatoms. The molecule has 1 saturated heterocycles. The minimum Gasteiger partial charge on any atom is -0.337 e. The molecule has 0 saturated carbocycles. The normalized spacial score (nSPS) is 14.8. The van der Waals surface area contributed by atoms with Gasteiger partial charge in [-0.25, -0.2) is 4.68 Å². The van der Waals surface area contributed by atoms with Crippen molar-refractivity contribution in [3.63, 3.8) is 0 Å². The summed E-state index contributed by atoms with van der Waals surface area (Å²) in [6.07, 6.45) is 5.57. The van der Waals surface area contributed by atoms with Crippen molar-refractivity contribution in [2.24, 2.45) is 0 Å². The fourth-order valence-electron chi connectivity index (χ4n) is 2.91. The van der Waals surface area contributed by atoms with Crippen molar-refractivity contribution in [1.82, 2.24) is 19.2 Å². The zero-order valence-electron chi connectivity index (χ0n) is 13.2. The summed E-state index contributed by atoms with van der Waals surface area (Å²) in [7, 11) is 0. The van der Waals surface area contributed by atoms with E-state index in [-0.39, 0.29) is 5.91 Å². The van der Waals surface area contributed by atoms with Crippen LogP contribution in [0, 0.1) is 0 Å². The van der Waals surface area contributed by atoms with E-state index in [2.05, 4.69) is 5.10 Å².